The van der Waals surface area contributed by atoms with E-state index in [1.165, 1.54) is 5.56 Å². The number of hydrogen-bond acceptors (Lipinski definition) is 5. The molecule has 1 aliphatic rings. The van der Waals surface area contributed by atoms with Crippen molar-refractivity contribution in [2.45, 2.75) is 13.0 Å². The van der Waals surface area contributed by atoms with Crippen LogP contribution in [0.1, 0.15) is 12.0 Å². The summed E-state index contributed by atoms with van der Waals surface area (Å²) in [5.41, 5.74) is 8.02. The van der Waals surface area contributed by atoms with Crippen molar-refractivity contribution in [3.63, 3.8) is 0 Å². The lowest BCUT2D eigenvalue weighted by molar-refractivity contribution is -0.123. The molecule has 0 unspecified atom stereocenters. The summed E-state index contributed by atoms with van der Waals surface area (Å²) in [5.74, 6) is 1.15. The number of carbonyl (C=O) groups is 1. The van der Waals surface area contributed by atoms with E-state index in [9.17, 15) is 4.79 Å². The highest BCUT2D eigenvalue weighted by molar-refractivity contribution is 5.77. The SMILES string of the molecule is COc1ccc(OCC(=O)NNC2=CCN(Cc3ccccc3)CC2)cc1. The number of methoxy groups -OCH3 is 1. The fourth-order valence-corrected chi connectivity index (χ4v) is 2.82. The fraction of sp³-hybridized carbons (Fsp3) is 0.286. The minimum Gasteiger partial charge on any atom is -0.497 e. The van der Waals surface area contributed by atoms with Gasteiger partial charge in [-0.25, -0.2) is 0 Å². The van der Waals surface area contributed by atoms with Crippen LogP contribution in [0.15, 0.2) is 66.4 Å². The monoisotopic (exact) mass is 367 g/mol. The highest BCUT2D eigenvalue weighted by Gasteiger charge is 2.12. The topological polar surface area (TPSA) is 62.8 Å². The summed E-state index contributed by atoms with van der Waals surface area (Å²) in [7, 11) is 1.61. The molecule has 0 fully saturated rings. The van der Waals surface area contributed by atoms with Crippen molar-refractivity contribution < 1.29 is 14.3 Å². The summed E-state index contributed by atoms with van der Waals surface area (Å²) in [6.07, 6.45) is 2.98. The second kappa shape index (κ2) is 9.64. The Balaban J connectivity index is 1.36. The molecule has 0 spiro atoms. The van der Waals surface area contributed by atoms with Gasteiger partial charge in [0.05, 0.1) is 7.11 Å². The Hall–Kier alpha value is -2.99. The lowest BCUT2D eigenvalue weighted by Gasteiger charge is -2.26. The van der Waals surface area contributed by atoms with Gasteiger partial charge in [-0.3, -0.25) is 15.1 Å². The molecular formula is C21H25N3O3. The van der Waals surface area contributed by atoms with Crippen LogP contribution >= 0.6 is 0 Å². The van der Waals surface area contributed by atoms with Crippen LogP contribution in [0.3, 0.4) is 0 Å². The predicted octanol–water partition coefficient (Wildman–Crippen LogP) is 2.48. The fourth-order valence-electron chi connectivity index (χ4n) is 2.82. The van der Waals surface area contributed by atoms with Crippen molar-refractivity contribution in [3.05, 3.63) is 71.9 Å². The van der Waals surface area contributed by atoms with Crippen molar-refractivity contribution in [1.29, 1.82) is 0 Å². The minimum atomic E-state index is -0.224. The molecule has 2 aromatic rings. The maximum absolute atomic E-state index is 11.9. The van der Waals surface area contributed by atoms with Gasteiger partial charge in [-0.05, 0) is 35.9 Å². The first-order valence-electron chi connectivity index (χ1n) is 9.00. The van der Waals surface area contributed by atoms with E-state index in [-0.39, 0.29) is 12.5 Å². The Bertz CT molecular complexity index is 760. The van der Waals surface area contributed by atoms with E-state index in [1.54, 1.807) is 31.4 Å². The van der Waals surface area contributed by atoms with Gasteiger partial charge in [0, 0.05) is 31.8 Å². The summed E-state index contributed by atoms with van der Waals surface area (Å²) in [4.78, 5) is 14.3. The van der Waals surface area contributed by atoms with Crippen molar-refractivity contribution >= 4 is 5.91 Å². The highest BCUT2D eigenvalue weighted by atomic mass is 16.5. The Labute approximate surface area is 159 Å². The second-order valence-corrected chi connectivity index (χ2v) is 6.34. The summed E-state index contributed by atoms with van der Waals surface area (Å²) in [5, 5.41) is 0. The summed E-state index contributed by atoms with van der Waals surface area (Å²) >= 11 is 0. The van der Waals surface area contributed by atoms with E-state index < -0.39 is 0 Å². The Morgan fingerprint density at radius 1 is 1.07 bits per heavy atom. The molecule has 2 N–H and O–H groups in total. The molecule has 27 heavy (non-hydrogen) atoms. The van der Waals surface area contributed by atoms with Crippen LogP contribution in [-0.4, -0.2) is 37.6 Å². The quantitative estimate of drug-likeness (QED) is 0.702. The molecule has 0 aromatic heterocycles. The molecular weight excluding hydrogens is 342 g/mol. The Kier molecular flexibility index (Phi) is 6.71. The van der Waals surface area contributed by atoms with Gasteiger partial charge in [-0.1, -0.05) is 30.3 Å². The van der Waals surface area contributed by atoms with E-state index in [0.717, 1.165) is 37.5 Å². The second-order valence-electron chi connectivity index (χ2n) is 6.34. The number of ether oxygens (including phenoxy) is 2. The molecule has 0 saturated heterocycles. The van der Waals surface area contributed by atoms with E-state index in [2.05, 4.69) is 46.1 Å². The number of hydrogen-bond donors (Lipinski definition) is 2. The van der Waals surface area contributed by atoms with E-state index in [0.29, 0.717) is 5.75 Å². The summed E-state index contributed by atoms with van der Waals surface area (Å²) in [6, 6.07) is 17.6. The molecule has 2 aromatic carbocycles. The molecule has 1 heterocycles. The van der Waals surface area contributed by atoms with Crippen LogP contribution in [0, 0.1) is 0 Å². The number of carbonyl (C=O) groups excluding carboxylic acids is 1. The molecule has 0 aliphatic carbocycles. The van der Waals surface area contributed by atoms with Crippen LogP contribution in [0.2, 0.25) is 0 Å². The molecule has 0 bridgehead atoms. The van der Waals surface area contributed by atoms with E-state index in [1.807, 2.05) is 6.07 Å². The largest absolute Gasteiger partial charge is 0.497 e. The average Bonchev–Trinajstić information content (AvgIpc) is 2.73. The lowest BCUT2D eigenvalue weighted by Crippen LogP contribution is -2.42. The van der Waals surface area contributed by atoms with Gasteiger partial charge in [0.1, 0.15) is 11.5 Å². The Morgan fingerprint density at radius 3 is 2.48 bits per heavy atom. The summed E-state index contributed by atoms with van der Waals surface area (Å²) < 4.78 is 10.5. The van der Waals surface area contributed by atoms with E-state index in [4.69, 9.17) is 9.47 Å². The van der Waals surface area contributed by atoms with Crippen molar-refractivity contribution in [1.82, 2.24) is 15.8 Å². The van der Waals surface area contributed by atoms with Gasteiger partial charge in [-0.15, -0.1) is 0 Å². The molecule has 1 amide bonds. The number of hydrazine groups is 1. The standard InChI is InChI=1S/C21H25N3O3/c1-26-19-7-9-20(10-8-19)27-16-21(25)23-22-18-11-13-24(14-12-18)15-17-5-3-2-4-6-17/h2-11,22H,12-16H2,1H3,(H,23,25). The van der Waals surface area contributed by atoms with Crippen LogP contribution in [0.25, 0.3) is 0 Å². The van der Waals surface area contributed by atoms with Gasteiger partial charge >= 0.3 is 0 Å². The number of rotatable bonds is 8. The van der Waals surface area contributed by atoms with Gasteiger partial charge in [0.2, 0.25) is 0 Å². The van der Waals surface area contributed by atoms with Crippen LogP contribution in [0.5, 0.6) is 11.5 Å². The van der Waals surface area contributed by atoms with Crippen LogP contribution < -0.4 is 20.3 Å². The first-order chi connectivity index (χ1) is 13.2. The zero-order valence-electron chi connectivity index (χ0n) is 15.5. The first kappa shape index (κ1) is 18.8. The first-order valence-corrected chi connectivity index (χ1v) is 9.00. The van der Waals surface area contributed by atoms with E-state index >= 15 is 0 Å². The van der Waals surface area contributed by atoms with Gasteiger partial charge < -0.3 is 14.9 Å². The van der Waals surface area contributed by atoms with Crippen molar-refractivity contribution in [2.75, 3.05) is 26.8 Å². The molecule has 1 aliphatic heterocycles. The van der Waals surface area contributed by atoms with Gasteiger partial charge in [-0.2, -0.15) is 0 Å². The molecule has 0 saturated carbocycles. The minimum absolute atomic E-state index is 0.0489. The molecule has 0 atom stereocenters. The zero-order valence-corrected chi connectivity index (χ0v) is 15.5. The van der Waals surface area contributed by atoms with Crippen LogP contribution in [0.4, 0.5) is 0 Å². The van der Waals surface area contributed by atoms with Gasteiger partial charge in [0.25, 0.3) is 5.91 Å². The number of nitrogens with one attached hydrogen (secondary N) is 2. The maximum Gasteiger partial charge on any atom is 0.276 e. The molecule has 3 rings (SSSR count). The highest BCUT2D eigenvalue weighted by Crippen LogP contribution is 2.16. The van der Waals surface area contributed by atoms with Crippen molar-refractivity contribution in [3.8, 4) is 11.5 Å². The molecule has 142 valence electrons. The Morgan fingerprint density at radius 2 is 1.81 bits per heavy atom. The number of benzene rings is 2. The summed E-state index contributed by atoms with van der Waals surface area (Å²) in [6.45, 7) is 2.70. The third-order valence-corrected chi connectivity index (χ3v) is 4.33. The normalized spacial score (nSPS) is 14.2. The number of nitrogens with zero attached hydrogens (tertiary/aromatic N) is 1. The molecule has 6 nitrogen and oxygen atoms in total. The third-order valence-electron chi connectivity index (χ3n) is 4.33. The predicted molar refractivity (Wildman–Crippen MR) is 104 cm³/mol. The average molecular weight is 367 g/mol. The molecule has 6 heteroatoms. The van der Waals surface area contributed by atoms with Crippen molar-refractivity contribution in [2.24, 2.45) is 0 Å². The third kappa shape index (κ3) is 6.04. The molecule has 0 radical (unpaired) electrons. The van der Waals surface area contributed by atoms with Crippen LogP contribution in [-0.2, 0) is 11.3 Å². The smallest absolute Gasteiger partial charge is 0.276 e. The number of amides is 1. The lowest BCUT2D eigenvalue weighted by atomic mass is 10.1. The van der Waals surface area contributed by atoms with Gasteiger partial charge in [0.15, 0.2) is 6.61 Å². The zero-order chi connectivity index (χ0) is 18.9. The maximum atomic E-state index is 11.9.